The summed E-state index contributed by atoms with van der Waals surface area (Å²) < 4.78 is 21.9. The Hall–Kier alpha value is -1.71. The molecule has 3 aromatic rings. The van der Waals surface area contributed by atoms with Crippen LogP contribution in [-0.4, -0.2) is 10.2 Å². The Morgan fingerprint density at radius 3 is 2.41 bits per heavy atom. The molecule has 0 aliphatic carbocycles. The summed E-state index contributed by atoms with van der Waals surface area (Å²) in [4.78, 5) is 14.5. The van der Waals surface area contributed by atoms with Crippen LogP contribution in [0.2, 0.25) is 5.02 Å². The highest BCUT2D eigenvalue weighted by Gasteiger charge is 2.34. The maximum atomic E-state index is 14.2. The second-order valence-electron chi connectivity index (χ2n) is 6.70. The van der Waals surface area contributed by atoms with E-state index in [0.29, 0.717) is 22.3 Å². The quantitative estimate of drug-likeness (QED) is 0.216. The Labute approximate surface area is 215 Å². The molecule has 1 heterocycles. The van der Waals surface area contributed by atoms with E-state index >= 15 is 0 Å². The van der Waals surface area contributed by atoms with Gasteiger partial charge in [0.1, 0.15) is 18.2 Å². The number of thioether (sulfide) groups is 1. The number of benzene rings is 3. The predicted octanol–water partition coefficient (Wildman–Crippen LogP) is 7.99. The number of carbonyl (C=O) groups excluding carboxylic acids is 1. The Balaban J connectivity index is 1.55. The van der Waals surface area contributed by atoms with Gasteiger partial charge in [-0.2, -0.15) is 0 Å². The minimum Gasteiger partial charge on any atom is -0.487 e. The largest absolute Gasteiger partial charge is 0.487 e. The molecule has 3 nitrogen and oxygen atoms in total. The molecule has 4 rings (SSSR count). The van der Waals surface area contributed by atoms with Crippen molar-refractivity contribution in [2.24, 2.45) is 0 Å². The van der Waals surface area contributed by atoms with Gasteiger partial charge in [0.15, 0.2) is 4.32 Å². The third-order valence-electron chi connectivity index (χ3n) is 4.50. The molecule has 1 amide bonds. The Morgan fingerprint density at radius 2 is 1.75 bits per heavy atom. The Morgan fingerprint density at radius 1 is 1.09 bits per heavy atom. The lowest BCUT2D eigenvalue weighted by atomic mass is 10.2. The van der Waals surface area contributed by atoms with Crippen molar-refractivity contribution in [1.82, 2.24) is 0 Å². The average Bonchev–Trinajstić information content (AvgIpc) is 3.02. The second kappa shape index (κ2) is 10.1. The summed E-state index contributed by atoms with van der Waals surface area (Å²) in [6.45, 7) is 0.370. The molecule has 0 unspecified atom stereocenters. The van der Waals surface area contributed by atoms with Gasteiger partial charge < -0.3 is 4.74 Å². The van der Waals surface area contributed by atoms with Crippen LogP contribution >= 0.6 is 67.4 Å². The van der Waals surface area contributed by atoms with Crippen molar-refractivity contribution in [3.8, 4) is 5.75 Å². The van der Waals surface area contributed by atoms with E-state index in [9.17, 15) is 9.18 Å². The van der Waals surface area contributed by atoms with Gasteiger partial charge in [-0.25, -0.2) is 4.39 Å². The zero-order chi connectivity index (χ0) is 22.8. The molecule has 1 saturated heterocycles. The molecule has 0 atom stereocenters. The van der Waals surface area contributed by atoms with Gasteiger partial charge in [-0.15, -0.1) is 0 Å². The Bertz CT molecular complexity index is 1230. The van der Waals surface area contributed by atoms with Crippen LogP contribution in [0.15, 0.2) is 74.5 Å². The number of hydrogen-bond donors (Lipinski definition) is 0. The fourth-order valence-electron chi connectivity index (χ4n) is 3.00. The summed E-state index contributed by atoms with van der Waals surface area (Å²) in [7, 11) is 0. The van der Waals surface area contributed by atoms with Crippen LogP contribution in [0.5, 0.6) is 5.75 Å². The number of para-hydroxylation sites is 1. The van der Waals surface area contributed by atoms with Crippen molar-refractivity contribution in [2.45, 2.75) is 6.61 Å². The average molecular weight is 614 g/mol. The summed E-state index contributed by atoms with van der Waals surface area (Å²) in [6.07, 6.45) is 1.72. The first-order valence-electron chi connectivity index (χ1n) is 9.22. The third-order valence-corrected chi connectivity index (χ3v) is 7.23. The molecule has 1 fully saturated rings. The maximum Gasteiger partial charge on any atom is 0.270 e. The van der Waals surface area contributed by atoms with E-state index in [1.54, 1.807) is 18.2 Å². The number of amides is 1. The van der Waals surface area contributed by atoms with E-state index < -0.39 is 5.82 Å². The fourth-order valence-corrected chi connectivity index (χ4v) is 5.86. The van der Waals surface area contributed by atoms with Crippen molar-refractivity contribution in [3.63, 3.8) is 0 Å². The number of nitrogens with zero attached hydrogens (tertiary/aromatic N) is 1. The summed E-state index contributed by atoms with van der Waals surface area (Å²) in [5, 5.41) is 0.667. The first kappa shape index (κ1) is 23.4. The van der Waals surface area contributed by atoms with E-state index in [0.717, 1.165) is 31.8 Å². The molecule has 1 aliphatic heterocycles. The van der Waals surface area contributed by atoms with Gasteiger partial charge in [-0.3, -0.25) is 9.69 Å². The van der Waals surface area contributed by atoms with Crippen molar-refractivity contribution < 1.29 is 13.9 Å². The number of ether oxygens (including phenoxy) is 1. The molecule has 0 saturated carbocycles. The summed E-state index contributed by atoms with van der Waals surface area (Å²) in [5.74, 6) is -0.228. The van der Waals surface area contributed by atoms with Crippen molar-refractivity contribution in [2.75, 3.05) is 4.90 Å². The lowest BCUT2D eigenvalue weighted by Crippen LogP contribution is -2.28. The lowest BCUT2D eigenvalue weighted by Gasteiger charge is -2.15. The maximum absolute atomic E-state index is 14.2. The zero-order valence-corrected chi connectivity index (χ0v) is 21.7. The SMILES string of the molecule is O=C1/C(=C/c2cc(Br)c(OCc3ccc(Cl)cc3)c(Br)c2)SC(=S)N1c1ccccc1F. The smallest absolute Gasteiger partial charge is 0.270 e. The van der Waals surface area contributed by atoms with Gasteiger partial charge in [0.2, 0.25) is 0 Å². The predicted molar refractivity (Wildman–Crippen MR) is 140 cm³/mol. The van der Waals surface area contributed by atoms with E-state index in [4.69, 9.17) is 28.6 Å². The Kier molecular flexibility index (Phi) is 7.37. The zero-order valence-electron chi connectivity index (χ0n) is 16.2. The standard InChI is InChI=1S/C23H13Br2ClFNO2S2/c24-16-9-14(10-17(25)21(16)30-12-13-5-7-15(26)8-6-13)11-20-22(29)28(23(31)32-20)19-4-2-1-3-18(19)27/h1-11H,12H2/b20-11-. The molecule has 0 aromatic heterocycles. The van der Waals surface area contributed by atoms with Crippen LogP contribution in [0.25, 0.3) is 6.08 Å². The van der Waals surface area contributed by atoms with Crippen molar-refractivity contribution >= 4 is 89.4 Å². The fraction of sp³-hybridized carbons (Fsp3) is 0.0435. The topological polar surface area (TPSA) is 29.5 Å². The first-order chi connectivity index (χ1) is 15.3. The van der Waals surface area contributed by atoms with Gasteiger partial charge >= 0.3 is 0 Å². The number of hydrogen-bond acceptors (Lipinski definition) is 4. The van der Waals surface area contributed by atoms with Crippen molar-refractivity contribution in [1.29, 1.82) is 0 Å². The monoisotopic (exact) mass is 611 g/mol. The van der Waals surface area contributed by atoms with Crippen LogP contribution < -0.4 is 9.64 Å². The van der Waals surface area contributed by atoms with E-state index in [1.165, 1.54) is 17.0 Å². The molecule has 162 valence electrons. The molecule has 1 aliphatic rings. The van der Waals surface area contributed by atoms with Gasteiger partial charge in [0, 0.05) is 5.02 Å². The molecule has 0 bridgehead atoms. The summed E-state index contributed by atoms with van der Waals surface area (Å²) >= 11 is 19.5. The summed E-state index contributed by atoms with van der Waals surface area (Å²) in [5.41, 5.74) is 1.89. The molecule has 0 radical (unpaired) electrons. The number of carbonyl (C=O) groups is 1. The molecule has 9 heteroatoms. The van der Waals surface area contributed by atoms with E-state index in [1.807, 2.05) is 36.4 Å². The van der Waals surface area contributed by atoms with Crippen LogP contribution in [-0.2, 0) is 11.4 Å². The van der Waals surface area contributed by atoms with Crippen molar-refractivity contribution in [3.05, 3.63) is 96.5 Å². The third kappa shape index (κ3) is 5.10. The minimum absolute atomic E-state index is 0.145. The van der Waals surface area contributed by atoms with Crippen LogP contribution in [0, 0.1) is 5.82 Å². The molecule has 0 N–H and O–H groups in total. The normalized spacial score (nSPS) is 15.0. The molecule has 0 spiro atoms. The first-order valence-corrected chi connectivity index (χ1v) is 12.4. The molecular weight excluding hydrogens is 601 g/mol. The highest BCUT2D eigenvalue weighted by atomic mass is 79.9. The number of anilines is 1. The molecule has 3 aromatic carbocycles. The van der Waals surface area contributed by atoms with Gasteiger partial charge in [-0.05, 0) is 85.5 Å². The van der Waals surface area contributed by atoms with E-state index in [-0.39, 0.29) is 15.9 Å². The highest BCUT2D eigenvalue weighted by molar-refractivity contribution is 9.11. The number of rotatable bonds is 5. The van der Waals surface area contributed by atoms with Crippen LogP contribution in [0.3, 0.4) is 0 Å². The molecule has 32 heavy (non-hydrogen) atoms. The van der Waals surface area contributed by atoms with E-state index in [2.05, 4.69) is 31.9 Å². The molecular formula is C23H13Br2ClFNO2S2. The van der Waals surface area contributed by atoms with Crippen LogP contribution in [0.4, 0.5) is 10.1 Å². The second-order valence-corrected chi connectivity index (χ2v) is 10.5. The summed E-state index contributed by atoms with van der Waals surface area (Å²) in [6, 6.07) is 17.2. The van der Waals surface area contributed by atoms with Crippen LogP contribution in [0.1, 0.15) is 11.1 Å². The van der Waals surface area contributed by atoms with Gasteiger partial charge in [-0.1, -0.05) is 59.8 Å². The van der Waals surface area contributed by atoms with Gasteiger partial charge in [0.05, 0.1) is 19.5 Å². The number of thiocarbonyl (C=S) groups is 1. The lowest BCUT2D eigenvalue weighted by molar-refractivity contribution is -0.113. The minimum atomic E-state index is -0.502. The highest BCUT2D eigenvalue weighted by Crippen LogP contribution is 2.39. The number of halogens is 4. The van der Waals surface area contributed by atoms with Gasteiger partial charge in [0.25, 0.3) is 5.91 Å².